The highest BCUT2D eigenvalue weighted by Gasteiger charge is 2.22. The predicted octanol–water partition coefficient (Wildman–Crippen LogP) is 21.3. The molecule has 0 aliphatic carbocycles. The average molecular weight is 940 g/mol. The monoisotopic (exact) mass is 940 g/mol. The van der Waals surface area contributed by atoms with Crippen molar-refractivity contribution in [3.63, 3.8) is 0 Å². The van der Waals surface area contributed by atoms with Gasteiger partial charge in [0.25, 0.3) is 0 Å². The van der Waals surface area contributed by atoms with E-state index in [0.29, 0.717) is 11.8 Å². The Morgan fingerprint density at radius 2 is 0.831 bits per heavy atom. The fourth-order valence-electron chi connectivity index (χ4n) is 8.80. The minimum Gasteiger partial charge on any atom is -0.309 e. The van der Waals surface area contributed by atoms with Crippen molar-refractivity contribution < 1.29 is 0 Å². The molecule has 0 aliphatic rings. The number of aromatic nitrogens is 1. The summed E-state index contributed by atoms with van der Waals surface area (Å²) in [4.78, 5) is 0. The Morgan fingerprint density at radius 3 is 1.30 bits per heavy atom. The third kappa shape index (κ3) is 15.1. The van der Waals surface area contributed by atoms with Gasteiger partial charge < -0.3 is 4.57 Å². The van der Waals surface area contributed by atoms with Crippen LogP contribution < -0.4 is 0 Å². The van der Waals surface area contributed by atoms with Gasteiger partial charge in [-0.1, -0.05) is 240 Å². The van der Waals surface area contributed by atoms with Crippen LogP contribution in [0, 0.1) is 41.5 Å². The fraction of sp³-hybridized carbons (Fsp3) is 0.304. The molecule has 0 spiro atoms. The highest BCUT2D eigenvalue weighted by molar-refractivity contribution is 6.13. The number of hydrogen-bond acceptors (Lipinski definition) is 0. The van der Waals surface area contributed by atoms with Gasteiger partial charge in [-0.3, -0.25) is 0 Å². The molecular formula is C69H86BN. The number of hydrogen-bond donors (Lipinski definition) is 0. The Hall–Kier alpha value is -6.38. The van der Waals surface area contributed by atoms with Gasteiger partial charge >= 0.3 is 0 Å². The molecule has 8 aromatic carbocycles. The quantitative estimate of drug-likeness (QED) is 0.140. The summed E-state index contributed by atoms with van der Waals surface area (Å²) in [6.07, 6.45) is 2.35. The van der Waals surface area contributed by atoms with Gasteiger partial charge in [0.15, 0.2) is 0 Å². The molecular weight excluding hydrogens is 854 g/mol. The van der Waals surface area contributed by atoms with Crippen LogP contribution in [0.5, 0.6) is 0 Å². The maximum absolute atomic E-state index is 4.50. The molecule has 1 heterocycles. The molecule has 0 fully saturated rings. The van der Waals surface area contributed by atoms with Crippen molar-refractivity contribution in [2.24, 2.45) is 0 Å². The Bertz CT molecular complexity index is 2970. The molecule has 0 saturated heterocycles. The number of para-hydroxylation sites is 1. The molecule has 1 nitrogen and oxygen atoms in total. The Balaban J connectivity index is 0.000000332. The zero-order chi connectivity index (χ0) is 52.6. The molecule has 370 valence electrons. The van der Waals surface area contributed by atoms with Gasteiger partial charge in [0.1, 0.15) is 0 Å². The summed E-state index contributed by atoms with van der Waals surface area (Å²) in [5.41, 5.74) is 22.6. The molecule has 0 bridgehead atoms. The number of aryl methyl sites for hydroxylation is 6. The first-order valence-electron chi connectivity index (χ1n) is 26.4. The first-order valence-corrected chi connectivity index (χ1v) is 26.4. The van der Waals surface area contributed by atoms with Crippen LogP contribution in [-0.2, 0) is 0 Å². The number of benzene rings is 8. The lowest BCUT2D eigenvalue weighted by molar-refractivity contribution is 0.741. The normalized spacial score (nSPS) is 10.6. The summed E-state index contributed by atoms with van der Waals surface area (Å²) >= 11 is 0. The van der Waals surface area contributed by atoms with Crippen LogP contribution in [0.3, 0.4) is 0 Å². The zero-order valence-electron chi connectivity index (χ0n) is 46.8. The van der Waals surface area contributed by atoms with Crippen LogP contribution in [0.1, 0.15) is 138 Å². The van der Waals surface area contributed by atoms with Crippen molar-refractivity contribution in [2.45, 2.75) is 142 Å². The lowest BCUT2D eigenvalue weighted by Gasteiger charge is -2.19. The third-order valence-corrected chi connectivity index (χ3v) is 12.6. The second kappa shape index (κ2) is 30.4. The summed E-state index contributed by atoms with van der Waals surface area (Å²) in [6.45, 7) is 36.0. The van der Waals surface area contributed by atoms with Gasteiger partial charge in [-0.25, -0.2) is 0 Å². The van der Waals surface area contributed by atoms with Crippen molar-refractivity contribution in [2.75, 3.05) is 0 Å². The lowest BCUT2D eigenvalue weighted by atomic mass is 9.85. The molecule has 0 saturated carbocycles. The molecule has 71 heavy (non-hydrogen) atoms. The van der Waals surface area contributed by atoms with Crippen LogP contribution in [-0.4, -0.2) is 12.4 Å². The van der Waals surface area contributed by atoms with Gasteiger partial charge in [0, 0.05) is 16.5 Å². The van der Waals surface area contributed by atoms with Crippen LogP contribution in [0.25, 0.3) is 60.9 Å². The molecule has 9 aromatic rings. The van der Waals surface area contributed by atoms with Gasteiger partial charge in [0.2, 0.25) is 0 Å². The van der Waals surface area contributed by atoms with Crippen LogP contribution in [0.2, 0.25) is 6.82 Å². The summed E-state index contributed by atoms with van der Waals surface area (Å²) in [5.74, 6) is 1.02. The standard InChI is InChI=1S/C37H35N.C17H20.C7H8.C3H8.2C2H6.CH3B/c1-6-24(2)36-31(29-15-9-7-13-25(29)3)21-22-35-37(36)32-17-11-12-18-34(32)38(35)28-20-19-27(5)33(23-28)30-16-10-8-14-26(30)4;1-12(2)15-10-9-14(4)17(11-15)16-8-6-5-7-13(16)3;1-7-5-3-2-4-6-7;1-3-2;3*1-2/h7-24H,6H2,1-5H3;5-12H,1-4H3;2-6H,1H3;3H2,1-2H3;2*1-2H3;1H3. The van der Waals surface area contributed by atoms with Crippen molar-refractivity contribution in [3.8, 4) is 39.1 Å². The first-order chi connectivity index (χ1) is 34.4. The maximum Gasteiger partial charge on any atom is 0.0606 e. The predicted molar refractivity (Wildman–Crippen MR) is 321 cm³/mol. The molecule has 1 unspecified atom stereocenters. The molecule has 0 aliphatic heterocycles. The minimum atomic E-state index is 0.438. The van der Waals surface area contributed by atoms with E-state index in [1.807, 2.05) is 45.9 Å². The summed E-state index contributed by atoms with van der Waals surface area (Å²) in [6, 6.07) is 63.7. The van der Waals surface area contributed by atoms with Gasteiger partial charge in [-0.05, 0) is 156 Å². The fourth-order valence-corrected chi connectivity index (χ4v) is 8.80. The topological polar surface area (TPSA) is 4.93 Å². The molecule has 9 rings (SSSR count). The lowest BCUT2D eigenvalue weighted by Crippen LogP contribution is -2.00. The van der Waals surface area contributed by atoms with E-state index >= 15 is 0 Å². The Kier molecular flexibility index (Phi) is 25.2. The van der Waals surface area contributed by atoms with Gasteiger partial charge in [0.05, 0.1) is 18.9 Å². The van der Waals surface area contributed by atoms with E-state index in [2.05, 4.69) is 253 Å². The van der Waals surface area contributed by atoms with Crippen molar-refractivity contribution in [3.05, 3.63) is 220 Å². The van der Waals surface area contributed by atoms with E-state index in [9.17, 15) is 0 Å². The van der Waals surface area contributed by atoms with Crippen molar-refractivity contribution in [1.82, 2.24) is 4.57 Å². The van der Waals surface area contributed by atoms with E-state index in [0.717, 1.165) is 6.42 Å². The number of nitrogens with zero attached hydrogens (tertiary/aromatic N) is 1. The van der Waals surface area contributed by atoms with Crippen molar-refractivity contribution in [1.29, 1.82) is 0 Å². The maximum atomic E-state index is 4.50. The largest absolute Gasteiger partial charge is 0.309 e. The molecule has 0 amide bonds. The third-order valence-electron chi connectivity index (χ3n) is 12.6. The Labute approximate surface area is 433 Å². The Morgan fingerprint density at radius 1 is 0.408 bits per heavy atom. The molecule has 2 heteroatoms. The number of fused-ring (bicyclic) bond motifs is 3. The van der Waals surface area contributed by atoms with Gasteiger partial charge in [-0.2, -0.15) is 0 Å². The molecule has 1 aromatic heterocycles. The smallest absolute Gasteiger partial charge is 0.0606 e. The van der Waals surface area contributed by atoms with E-state index < -0.39 is 0 Å². The van der Waals surface area contributed by atoms with E-state index in [1.54, 1.807) is 0 Å². The van der Waals surface area contributed by atoms with Crippen LogP contribution >= 0.6 is 0 Å². The van der Waals surface area contributed by atoms with Crippen LogP contribution in [0.15, 0.2) is 176 Å². The van der Waals surface area contributed by atoms with E-state index in [4.69, 9.17) is 0 Å². The average Bonchev–Trinajstić information content (AvgIpc) is 3.74. The summed E-state index contributed by atoms with van der Waals surface area (Å²) in [5, 5.41) is 2.71. The zero-order valence-corrected chi connectivity index (χ0v) is 46.8. The van der Waals surface area contributed by atoms with Crippen LogP contribution in [0.4, 0.5) is 0 Å². The minimum absolute atomic E-state index is 0.438. The molecule has 1 atom stereocenters. The number of rotatable bonds is 7. The second-order valence-corrected chi connectivity index (χ2v) is 18.1. The first kappa shape index (κ1) is 58.9. The highest BCUT2D eigenvalue weighted by Crippen LogP contribution is 2.44. The summed E-state index contributed by atoms with van der Waals surface area (Å²) in [7, 11) is 4.50. The second-order valence-electron chi connectivity index (χ2n) is 18.1. The van der Waals surface area contributed by atoms with E-state index in [1.165, 1.54) is 119 Å². The highest BCUT2D eigenvalue weighted by atomic mass is 15.0. The SMILES string of the molecule is CC.CC.CCC.CCC(C)c1c(-c2ccccc2C)ccc2c1c1ccccc1n2-c1ccc(C)c(-c2ccccc2C)c1.Cc1ccccc1.Cc1ccccc1-c1cc(C(C)C)ccc1C.[B]C. The van der Waals surface area contributed by atoms with Gasteiger partial charge in [-0.15, -0.1) is 0 Å². The summed E-state index contributed by atoms with van der Waals surface area (Å²) < 4.78 is 2.47. The van der Waals surface area contributed by atoms with Crippen molar-refractivity contribution >= 4 is 29.7 Å². The van der Waals surface area contributed by atoms with E-state index in [-0.39, 0.29) is 0 Å². The molecule has 0 N–H and O–H groups in total. The molecule has 2 radical (unpaired) electrons.